The Morgan fingerprint density at radius 3 is 0.690 bits per heavy atom. The number of aliphatic hydroxyl groups is 6. The van der Waals surface area contributed by atoms with E-state index in [0.29, 0.717) is 88.6 Å². The Morgan fingerprint density at radius 1 is 0.264 bits per heavy atom. The largest absolute Gasteiger partial charge is 0.461 e. The first-order chi connectivity index (χ1) is 42.0. The number of ether oxygens (including phenoxy) is 9. The number of aliphatic hydroxyl groups excluding tert-OH is 6. The molecule has 0 heterocycles. The third-order valence-electron chi connectivity index (χ3n) is 13.1. The van der Waals surface area contributed by atoms with Crippen molar-refractivity contribution in [1.82, 2.24) is 0 Å². The minimum absolute atomic E-state index is 0.0132. The number of hydrogen-bond acceptors (Lipinski definition) is 21. The van der Waals surface area contributed by atoms with E-state index in [0.717, 1.165) is 16.7 Å². The van der Waals surface area contributed by atoms with E-state index in [1.165, 1.54) is 0 Å². The van der Waals surface area contributed by atoms with Crippen molar-refractivity contribution in [1.29, 1.82) is 0 Å². The molecule has 4 aromatic carbocycles. The van der Waals surface area contributed by atoms with E-state index in [4.69, 9.17) is 42.6 Å². The highest BCUT2D eigenvalue weighted by Gasteiger charge is 2.16. The Balaban J connectivity index is 1.18. The standard InChI is InChI=1S/C66H84O21/c1-46(64(76)82-19-16-79-40-55-25-49(34-67)22-50(26-55)35-68)10-4-7-13-61(73)85-43-58-31-59(44-86-62(74)14-8-5-11-47(2)65(77)83-20-17-80-41-56-27-51(36-69)23-52(28-56)37-70)33-60(32-58)45-87-63(75)15-9-6-12-48(3)66(78)84-21-18-81-42-57-29-53(38-71)24-54(30-57)39-72/h22-33,67-72H,1-21,34-45H2. The molecule has 0 unspecified atom stereocenters. The minimum Gasteiger partial charge on any atom is -0.461 e. The van der Waals surface area contributed by atoms with Crippen LogP contribution in [0.4, 0.5) is 0 Å². The first-order valence-electron chi connectivity index (χ1n) is 28.9. The molecular formula is C66H84O21. The van der Waals surface area contributed by atoms with E-state index in [2.05, 4.69) is 19.7 Å². The fraction of sp³-hybridized carbons (Fsp3) is 0.455. The van der Waals surface area contributed by atoms with E-state index in [-0.39, 0.29) is 174 Å². The van der Waals surface area contributed by atoms with Crippen LogP contribution in [0.2, 0.25) is 0 Å². The fourth-order valence-corrected chi connectivity index (χ4v) is 8.70. The molecule has 474 valence electrons. The second-order valence-corrected chi connectivity index (χ2v) is 20.6. The Bertz CT molecular complexity index is 2490. The van der Waals surface area contributed by atoms with Crippen LogP contribution in [0.3, 0.4) is 0 Å². The third kappa shape index (κ3) is 29.7. The van der Waals surface area contributed by atoms with Crippen molar-refractivity contribution >= 4 is 35.8 Å². The Labute approximate surface area is 508 Å². The summed E-state index contributed by atoms with van der Waals surface area (Å²) in [5.74, 6) is -3.25. The number of unbranched alkanes of at least 4 members (excludes halogenated alkanes) is 3. The van der Waals surface area contributed by atoms with Crippen molar-refractivity contribution in [2.45, 2.75) is 156 Å². The fourth-order valence-electron chi connectivity index (χ4n) is 8.70. The van der Waals surface area contributed by atoms with Gasteiger partial charge in [0.25, 0.3) is 0 Å². The monoisotopic (exact) mass is 1210 g/mol. The summed E-state index contributed by atoms with van der Waals surface area (Å²) in [7, 11) is 0. The molecule has 0 saturated carbocycles. The summed E-state index contributed by atoms with van der Waals surface area (Å²) in [5.41, 5.74) is 8.48. The summed E-state index contributed by atoms with van der Waals surface area (Å²) in [6, 6.07) is 20.7. The van der Waals surface area contributed by atoms with E-state index in [1.807, 2.05) is 0 Å². The zero-order chi connectivity index (χ0) is 63.2. The average molecular weight is 1210 g/mol. The van der Waals surface area contributed by atoms with Gasteiger partial charge in [-0.05, 0) is 143 Å². The maximum absolute atomic E-state index is 12.9. The lowest BCUT2D eigenvalue weighted by atomic mass is 10.1. The molecule has 87 heavy (non-hydrogen) atoms. The number of carbonyl (C=O) groups excluding carboxylic acids is 6. The first-order valence-corrected chi connectivity index (χ1v) is 28.9. The van der Waals surface area contributed by atoms with Crippen LogP contribution in [0.15, 0.2) is 109 Å². The van der Waals surface area contributed by atoms with Crippen molar-refractivity contribution in [3.8, 4) is 0 Å². The summed E-state index contributed by atoms with van der Waals surface area (Å²) in [5, 5.41) is 56.7. The van der Waals surface area contributed by atoms with Gasteiger partial charge in [-0.25, -0.2) is 14.4 Å². The van der Waals surface area contributed by atoms with Crippen molar-refractivity contribution in [2.75, 3.05) is 39.6 Å². The summed E-state index contributed by atoms with van der Waals surface area (Å²) in [4.78, 5) is 76.1. The molecule has 4 rings (SSSR count). The molecule has 21 heteroatoms. The van der Waals surface area contributed by atoms with Gasteiger partial charge in [0, 0.05) is 36.0 Å². The van der Waals surface area contributed by atoms with Crippen LogP contribution in [0.1, 0.15) is 144 Å². The molecule has 0 spiro atoms. The maximum atomic E-state index is 12.9. The summed E-state index contributed by atoms with van der Waals surface area (Å²) in [6.07, 6.45) is 3.56. The number of benzene rings is 4. The zero-order valence-electron chi connectivity index (χ0n) is 49.6. The van der Waals surface area contributed by atoms with Crippen LogP contribution in [0.5, 0.6) is 0 Å². The second kappa shape index (κ2) is 41.6. The van der Waals surface area contributed by atoms with Gasteiger partial charge < -0.3 is 73.3 Å². The summed E-state index contributed by atoms with van der Waals surface area (Å²) >= 11 is 0. The molecule has 0 aromatic heterocycles. The first kappa shape index (κ1) is 72.0. The van der Waals surface area contributed by atoms with Crippen LogP contribution in [0.25, 0.3) is 0 Å². The van der Waals surface area contributed by atoms with E-state index in [1.54, 1.807) is 72.8 Å². The van der Waals surface area contributed by atoms with Crippen LogP contribution in [-0.2, 0) is 151 Å². The van der Waals surface area contributed by atoms with Gasteiger partial charge in [-0.3, -0.25) is 14.4 Å². The summed E-state index contributed by atoms with van der Waals surface area (Å²) in [6.45, 7) is 10.8. The maximum Gasteiger partial charge on any atom is 0.333 e. The SMILES string of the molecule is C=C(CCCCC(=O)OCc1cc(COC(=O)CCCCC(=C)C(=O)OCCOCc2cc(CO)cc(CO)c2)cc(COC(=O)CCCCC(=C)C(=O)OCCOCc2cc(CO)cc(CO)c2)c1)C(=O)OCCOCc1cc(CO)cc(CO)c1. The number of carbonyl (C=O) groups is 6. The van der Waals surface area contributed by atoms with Gasteiger partial charge in [0.15, 0.2) is 0 Å². The topological polar surface area (TPSA) is 307 Å². The van der Waals surface area contributed by atoms with Gasteiger partial charge in [-0.2, -0.15) is 0 Å². The predicted molar refractivity (Wildman–Crippen MR) is 315 cm³/mol. The Kier molecular flexibility index (Phi) is 34.5. The van der Waals surface area contributed by atoms with Crippen molar-refractivity contribution < 1.29 is 102 Å². The lowest BCUT2D eigenvalue weighted by Crippen LogP contribution is -2.12. The van der Waals surface area contributed by atoms with Gasteiger partial charge in [0.1, 0.15) is 39.6 Å². The molecule has 0 aliphatic rings. The normalized spacial score (nSPS) is 11.0. The predicted octanol–water partition coefficient (Wildman–Crippen LogP) is 7.40. The molecule has 0 amide bonds. The third-order valence-corrected chi connectivity index (χ3v) is 13.1. The van der Waals surface area contributed by atoms with E-state index >= 15 is 0 Å². The number of hydrogen-bond donors (Lipinski definition) is 6. The lowest BCUT2D eigenvalue weighted by Gasteiger charge is -2.12. The minimum atomic E-state index is -0.586. The molecule has 0 fully saturated rings. The summed E-state index contributed by atoms with van der Waals surface area (Å²) < 4.78 is 49.3. The molecule has 0 radical (unpaired) electrons. The molecule has 0 bridgehead atoms. The molecular weight excluding hydrogens is 1130 g/mol. The quantitative estimate of drug-likeness (QED) is 0.0109. The van der Waals surface area contributed by atoms with E-state index < -0.39 is 35.8 Å². The van der Waals surface area contributed by atoms with Crippen LogP contribution >= 0.6 is 0 Å². The van der Waals surface area contributed by atoms with Crippen LogP contribution < -0.4 is 0 Å². The van der Waals surface area contributed by atoms with Crippen molar-refractivity contribution in [3.05, 3.63) is 176 Å². The highest BCUT2D eigenvalue weighted by molar-refractivity contribution is 5.88. The Hall–Kier alpha value is -7.44. The zero-order valence-corrected chi connectivity index (χ0v) is 49.6. The molecule has 6 N–H and O–H groups in total. The molecule has 4 aromatic rings. The highest BCUT2D eigenvalue weighted by Crippen LogP contribution is 2.20. The molecule has 0 atom stereocenters. The van der Waals surface area contributed by atoms with Crippen molar-refractivity contribution in [3.63, 3.8) is 0 Å². The highest BCUT2D eigenvalue weighted by atomic mass is 16.6. The Morgan fingerprint density at radius 2 is 0.460 bits per heavy atom. The van der Waals surface area contributed by atoms with Crippen LogP contribution in [-0.4, -0.2) is 106 Å². The smallest absolute Gasteiger partial charge is 0.333 e. The van der Waals surface area contributed by atoms with Gasteiger partial charge in [0.05, 0.1) is 79.3 Å². The van der Waals surface area contributed by atoms with Crippen molar-refractivity contribution in [2.24, 2.45) is 0 Å². The average Bonchev–Trinajstić information content (AvgIpc) is 3.53. The molecule has 21 nitrogen and oxygen atoms in total. The lowest BCUT2D eigenvalue weighted by molar-refractivity contribution is -0.145. The van der Waals surface area contributed by atoms with Gasteiger partial charge in [-0.15, -0.1) is 0 Å². The van der Waals surface area contributed by atoms with E-state index in [9.17, 15) is 59.4 Å². The van der Waals surface area contributed by atoms with Gasteiger partial charge in [0.2, 0.25) is 0 Å². The van der Waals surface area contributed by atoms with Crippen LogP contribution in [0, 0.1) is 0 Å². The number of esters is 6. The second-order valence-electron chi connectivity index (χ2n) is 20.6. The molecule has 0 aliphatic heterocycles. The number of rotatable bonds is 45. The van der Waals surface area contributed by atoms with Gasteiger partial charge in [-0.1, -0.05) is 74.3 Å². The molecule has 0 saturated heterocycles. The van der Waals surface area contributed by atoms with Gasteiger partial charge >= 0.3 is 35.8 Å². The molecule has 0 aliphatic carbocycles.